The molecule has 0 N–H and O–H groups in total. The Morgan fingerprint density at radius 3 is 3.08 bits per heavy atom. The summed E-state index contributed by atoms with van der Waals surface area (Å²) in [5.74, 6) is 0.197. The van der Waals surface area contributed by atoms with Gasteiger partial charge in [-0.3, -0.25) is 0 Å². The number of ether oxygens (including phenoxy) is 1. The molecule has 1 aromatic rings. The van der Waals surface area contributed by atoms with Gasteiger partial charge in [0.2, 0.25) is 0 Å². The fourth-order valence-corrected chi connectivity index (χ4v) is 1.81. The molecule has 0 unspecified atom stereocenters. The SMILES string of the molecule is COC(=O)c1[c]sc(C2CC2)n1. The number of esters is 1. The van der Waals surface area contributed by atoms with E-state index in [1.807, 2.05) is 0 Å². The number of nitrogens with zero attached hydrogens (tertiary/aromatic N) is 1. The summed E-state index contributed by atoms with van der Waals surface area (Å²) in [6.07, 6.45) is 2.39. The summed E-state index contributed by atoms with van der Waals surface area (Å²) in [5, 5.41) is 3.86. The molecular formula is C8H8NO2S. The van der Waals surface area contributed by atoms with E-state index in [-0.39, 0.29) is 0 Å². The summed E-state index contributed by atoms with van der Waals surface area (Å²) < 4.78 is 4.52. The maximum Gasteiger partial charge on any atom is 0.358 e. The van der Waals surface area contributed by atoms with Crippen LogP contribution in [0.2, 0.25) is 0 Å². The van der Waals surface area contributed by atoms with Crippen molar-refractivity contribution in [3.05, 3.63) is 16.1 Å². The maximum absolute atomic E-state index is 11.0. The van der Waals surface area contributed by atoms with Crippen molar-refractivity contribution >= 4 is 17.3 Å². The molecule has 0 aromatic carbocycles. The van der Waals surface area contributed by atoms with E-state index in [2.05, 4.69) is 15.1 Å². The number of carbonyl (C=O) groups excluding carboxylic acids is 1. The summed E-state index contributed by atoms with van der Waals surface area (Å²) in [6.45, 7) is 0. The fraction of sp³-hybridized carbons (Fsp3) is 0.500. The summed E-state index contributed by atoms with van der Waals surface area (Å²) in [4.78, 5) is 15.1. The van der Waals surface area contributed by atoms with E-state index in [0.29, 0.717) is 11.6 Å². The second-order valence-electron chi connectivity index (χ2n) is 2.77. The van der Waals surface area contributed by atoms with Crippen molar-refractivity contribution in [2.45, 2.75) is 18.8 Å². The van der Waals surface area contributed by atoms with Gasteiger partial charge in [-0.1, -0.05) is 0 Å². The molecule has 0 amide bonds. The Bertz CT molecular complexity index is 304. The molecule has 0 bridgehead atoms. The second-order valence-corrected chi connectivity index (χ2v) is 3.60. The molecule has 63 valence electrons. The van der Waals surface area contributed by atoms with Gasteiger partial charge in [0.25, 0.3) is 0 Å². The van der Waals surface area contributed by atoms with Crippen molar-refractivity contribution in [2.75, 3.05) is 7.11 Å². The first-order valence-corrected chi connectivity index (χ1v) is 4.59. The Balaban J connectivity index is 2.17. The summed E-state index contributed by atoms with van der Waals surface area (Å²) in [7, 11) is 1.35. The van der Waals surface area contributed by atoms with Gasteiger partial charge in [-0.2, -0.15) is 0 Å². The van der Waals surface area contributed by atoms with Crippen molar-refractivity contribution in [2.24, 2.45) is 0 Å². The Morgan fingerprint density at radius 2 is 2.50 bits per heavy atom. The second kappa shape index (κ2) is 2.86. The smallest absolute Gasteiger partial charge is 0.358 e. The van der Waals surface area contributed by atoms with E-state index in [9.17, 15) is 4.79 Å². The van der Waals surface area contributed by atoms with E-state index in [4.69, 9.17) is 0 Å². The van der Waals surface area contributed by atoms with E-state index in [0.717, 1.165) is 5.01 Å². The molecule has 1 aliphatic carbocycles. The molecule has 4 heteroatoms. The van der Waals surface area contributed by atoms with Crippen LogP contribution in [0.3, 0.4) is 0 Å². The molecule has 1 aromatic heterocycles. The van der Waals surface area contributed by atoms with Crippen LogP contribution < -0.4 is 0 Å². The van der Waals surface area contributed by atoms with Crippen LogP contribution in [0.15, 0.2) is 0 Å². The lowest BCUT2D eigenvalue weighted by Gasteiger charge is -1.90. The predicted molar refractivity (Wildman–Crippen MR) is 44.3 cm³/mol. The van der Waals surface area contributed by atoms with Gasteiger partial charge in [0.1, 0.15) is 0 Å². The van der Waals surface area contributed by atoms with Crippen LogP contribution in [-0.2, 0) is 4.74 Å². The quantitative estimate of drug-likeness (QED) is 0.652. The predicted octanol–water partition coefficient (Wildman–Crippen LogP) is 1.61. The minimum atomic E-state index is -0.391. The van der Waals surface area contributed by atoms with Gasteiger partial charge < -0.3 is 4.74 Å². The molecule has 1 radical (unpaired) electrons. The Labute approximate surface area is 74.4 Å². The third kappa shape index (κ3) is 1.34. The first-order chi connectivity index (χ1) is 5.81. The lowest BCUT2D eigenvalue weighted by molar-refractivity contribution is 0.0594. The number of rotatable bonds is 2. The molecule has 0 spiro atoms. The van der Waals surface area contributed by atoms with E-state index in [1.54, 1.807) is 0 Å². The zero-order valence-corrected chi connectivity index (χ0v) is 7.48. The minimum absolute atomic E-state index is 0.324. The highest BCUT2D eigenvalue weighted by molar-refractivity contribution is 7.09. The van der Waals surface area contributed by atoms with E-state index >= 15 is 0 Å². The van der Waals surface area contributed by atoms with Gasteiger partial charge in [0.15, 0.2) is 5.69 Å². The number of methoxy groups -OCH3 is 1. The average molecular weight is 182 g/mol. The molecule has 1 heterocycles. The molecule has 0 atom stereocenters. The highest BCUT2D eigenvalue weighted by Gasteiger charge is 2.27. The first kappa shape index (κ1) is 7.73. The maximum atomic E-state index is 11.0. The zero-order chi connectivity index (χ0) is 8.55. The molecule has 1 fully saturated rings. The fourth-order valence-electron chi connectivity index (χ4n) is 0.945. The van der Waals surface area contributed by atoms with Crippen LogP contribution in [0.25, 0.3) is 0 Å². The third-order valence-electron chi connectivity index (χ3n) is 1.78. The Kier molecular flexibility index (Phi) is 1.84. The number of carbonyl (C=O) groups is 1. The van der Waals surface area contributed by atoms with Crippen LogP contribution >= 0.6 is 11.3 Å². The van der Waals surface area contributed by atoms with Gasteiger partial charge in [0, 0.05) is 5.92 Å². The molecule has 12 heavy (non-hydrogen) atoms. The molecule has 1 saturated carbocycles. The van der Waals surface area contributed by atoms with Gasteiger partial charge in [-0.15, -0.1) is 11.3 Å². The molecule has 1 aliphatic rings. The van der Waals surface area contributed by atoms with Gasteiger partial charge >= 0.3 is 5.97 Å². The van der Waals surface area contributed by atoms with Crippen LogP contribution in [0.4, 0.5) is 0 Å². The average Bonchev–Trinajstić information content (AvgIpc) is 2.83. The van der Waals surface area contributed by atoms with Crippen molar-refractivity contribution in [3.8, 4) is 0 Å². The summed E-state index contributed by atoms with van der Waals surface area (Å²) in [6, 6.07) is 0. The van der Waals surface area contributed by atoms with Crippen LogP contribution in [-0.4, -0.2) is 18.1 Å². The molecule has 3 nitrogen and oxygen atoms in total. The van der Waals surface area contributed by atoms with Crippen molar-refractivity contribution < 1.29 is 9.53 Å². The largest absolute Gasteiger partial charge is 0.464 e. The number of aromatic nitrogens is 1. The van der Waals surface area contributed by atoms with Crippen LogP contribution in [0, 0.1) is 5.38 Å². The highest BCUT2D eigenvalue weighted by atomic mass is 32.1. The van der Waals surface area contributed by atoms with Crippen molar-refractivity contribution in [3.63, 3.8) is 0 Å². The number of thiazole rings is 1. The number of hydrogen-bond donors (Lipinski definition) is 0. The Hall–Kier alpha value is -0.900. The molecule has 0 aliphatic heterocycles. The first-order valence-electron chi connectivity index (χ1n) is 3.78. The number of hydrogen-bond acceptors (Lipinski definition) is 4. The monoisotopic (exact) mass is 182 g/mol. The Morgan fingerprint density at radius 1 is 1.75 bits per heavy atom. The lowest BCUT2D eigenvalue weighted by atomic mass is 10.4. The summed E-state index contributed by atoms with van der Waals surface area (Å²) in [5.41, 5.74) is 0.324. The van der Waals surface area contributed by atoms with Gasteiger partial charge in [-0.05, 0) is 12.8 Å². The minimum Gasteiger partial charge on any atom is -0.464 e. The highest BCUT2D eigenvalue weighted by Crippen LogP contribution is 2.41. The van der Waals surface area contributed by atoms with E-state index in [1.165, 1.54) is 31.3 Å². The molecular weight excluding hydrogens is 174 g/mol. The standard InChI is InChI=1S/C8H8NO2S/c1-11-8(10)6-4-12-7(9-6)5-2-3-5/h5H,2-3H2,1H3. The van der Waals surface area contributed by atoms with Gasteiger partial charge in [-0.25, -0.2) is 9.78 Å². The summed E-state index contributed by atoms with van der Waals surface area (Å²) >= 11 is 1.43. The van der Waals surface area contributed by atoms with Crippen molar-refractivity contribution in [1.29, 1.82) is 0 Å². The molecule has 0 saturated heterocycles. The zero-order valence-electron chi connectivity index (χ0n) is 6.66. The lowest BCUT2D eigenvalue weighted by Crippen LogP contribution is -2.01. The molecule has 2 rings (SSSR count). The van der Waals surface area contributed by atoms with Gasteiger partial charge in [0.05, 0.1) is 17.5 Å². The topological polar surface area (TPSA) is 39.2 Å². The van der Waals surface area contributed by atoms with Crippen LogP contribution in [0.1, 0.15) is 34.3 Å². The third-order valence-corrected chi connectivity index (χ3v) is 2.71. The van der Waals surface area contributed by atoms with Crippen LogP contribution in [0.5, 0.6) is 0 Å². The van der Waals surface area contributed by atoms with E-state index < -0.39 is 5.97 Å². The normalized spacial score (nSPS) is 16.1. The van der Waals surface area contributed by atoms with Crippen molar-refractivity contribution in [1.82, 2.24) is 4.98 Å².